The lowest BCUT2D eigenvalue weighted by Crippen LogP contribution is -2.44. The molecule has 17 heavy (non-hydrogen) atoms. The molecule has 1 amide bonds. The van der Waals surface area contributed by atoms with Crippen molar-refractivity contribution in [3.05, 3.63) is 0 Å². The number of nitrogens with one attached hydrogen (secondary N) is 2. The summed E-state index contributed by atoms with van der Waals surface area (Å²) in [5.41, 5.74) is 0.0236. The molecule has 0 aromatic heterocycles. The van der Waals surface area contributed by atoms with Crippen LogP contribution in [0, 0.1) is 23.7 Å². The van der Waals surface area contributed by atoms with E-state index >= 15 is 0 Å². The Labute approximate surface area is 104 Å². The molecule has 3 aliphatic carbocycles. The van der Waals surface area contributed by atoms with Crippen LogP contribution in [0.5, 0.6) is 0 Å². The predicted octanol–water partition coefficient (Wildman–Crippen LogP) is 1.54. The predicted molar refractivity (Wildman–Crippen MR) is 67.5 cm³/mol. The zero-order valence-electron chi connectivity index (χ0n) is 11.1. The third kappa shape index (κ3) is 2.10. The summed E-state index contributed by atoms with van der Waals surface area (Å²) >= 11 is 0. The van der Waals surface area contributed by atoms with Gasteiger partial charge in [0, 0.05) is 11.6 Å². The van der Waals surface area contributed by atoms with E-state index in [1.165, 1.54) is 19.3 Å². The summed E-state index contributed by atoms with van der Waals surface area (Å²) in [6.07, 6.45) is 4.28. The minimum atomic E-state index is 0.0236. The summed E-state index contributed by atoms with van der Waals surface area (Å²) in [6.45, 7) is 6.72. The number of fused-ring (bicyclic) bond motifs is 5. The molecule has 2 N–H and O–H groups in total. The van der Waals surface area contributed by atoms with Crippen LogP contribution >= 0.6 is 0 Å². The molecule has 0 heterocycles. The van der Waals surface area contributed by atoms with Crippen molar-refractivity contribution in [2.24, 2.45) is 23.7 Å². The summed E-state index contributed by atoms with van der Waals surface area (Å²) in [7, 11) is 0. The number of amides is 1. The van der Waals surface area contributed by atoms with Gasteiger partial charge in [0.05, 0.1) is 6.54 Å². The molecule has 3 saturated carbocycles. The molecule has 0 aromatic rings. The van der Waals surface area contributed by atoms with Crippen molar-refractivity contribution >= 4 is 5.91 Å². The number of carbonyl (C=O) groups excluding carboxylic acids is 1. The Morgan fingerprint density at radius 3 is 2.29 bits per heavy atom. The minimum absolute atomic E-state index is 0.0236. The molecular weight excluding hydrogens is 212 g/mol. The normalized spacial score (nSPS) is 42.4. The minimum Gasteiger partial charge on any atom is -0.352 e. The monoisotopic (exact) mass is 236 g/mol. The highest BCUT2D eigenvalue weighted by Crippen LogP contribution is 2.65. The van der Waals surface area contributed by atoms with Crippen molar-refractivity contribution in [3.8, 4) is 0 Å². The molecule has 3 rings (SSSR count). The topological polar surface area (TPSA) is 41.1 Å². The van der Waals surface area contributed by atoms with Crippen molar-refractivity contribution in [1.82, 2.24) is 10.6 Å². The first-order valence-corrected chi connectivity index (χ1v) is 7.00. The van der Waals surface area contributed by atoms with Gasteiger partial charge in [-0.1, -0.05) is 0 Å². The van der Waals surface area contributed by atoms with Gasteiger partial charge in [-0.25, -0.2) is 0 Å². The number of hydrogen-bond donors (Lipinski definition) is 2. The Hall–Kier alpha value is -0.570. The highest BCUT2D eigenvalue weighted by molar-refractivity contribution is 5.79. The quantitative estimate of drug-likeness (QED) is 0.780. The first-order chi connectivity index (χ1) is 7.96. The molecule has 0 spiro atoms. The van der Waals surface area contributed by atoms with Gasteiger partial charge in [-0.2, -0.15) is 0 Å². The average Bonchev–Trinajstić information content (AvgIpc) is 2.66. The van der Waals surface area contributed by atoms with Crippen molar-refractivity contribution in [1.29, 1.82) is 0 Å². The third-order valence-corrected chi connectivity index (χ3v) is 4.84. The van der Waals surface area contributed by atoms with E-state index in [2.05, 4.69) is 31.4 Å². The van der Waals surface area contributed by atoms with Crippen molar-refractivity contribution < 1.29 is 4.79 Å². The van der Waals surface area contributed by atoms with E-state index in [9.17, 15) is 4.79 Å². The molecule has 2 bridgehead atoms. The van der Waals surface area contributed by atoms with Crippen molar-refractivity contribution in [2.75, 3.05) is 6.54 Å². The van der Waals surface area contributed by atoms with Crippen LogP contribution in [-0.4, -0.2) is 24.0 Å². The number of rotatable bonds is 3. The van der Waals surface area contributed by atoms with Gasteiger partial charge >= 0.3 is 0 Å². The summed E-state index contributed by atoms with van der Waals surface area (Å²) in [6, 6.07) is 0.524. The molecule has 0 aliphatic heterocycles. The molecule has 3 nitrogen and oxygen atoms in total. The van der Waals surface area contributed by atoms with Crippen LogP contribution in [-0.2, 0) is 4.79 Å². The van der Waals surface area contributed by atoms with Gasteiger partial charge in [0.2, 0.25) is 5.91 Å². The summed E-state index contributed by atoms with van der Waals surface area (Å²) in [4.78, 5) is 11.8. The maximum absolute atomic E-state index is 11.8. The average molecular weight is 236 g/mol. The fourth-order valence-electron chi connectivity index (χ4n) is 4.10. The van der Waals surface area contributed by atoms with Crippen molar-refractivity contribution in [2.45, 2.75) is 51.6 Å². The highest BCUT2D eigenvalue weighted by Gasteiger charge is 2.65. The smallest absolute Gasteiger partial charge is 0.234 e. The highest BCUT2D eigenvalue weighted by atomic mass is 16.2. The van der Waals surface area contributed by atoms with E-state index in [0.29, 0.717) is 12.6 Å². The van der Waals surface area contributed by atoms with E-state index in [1.807, 2.05) is 0 Å². The maximum atomic E-state index is 11.8. The van der Waals surface area contributed by atoms with Gasteiger partial charge in [0.15, 0.2) is 0 Å². The second-order valence-corrected chi connectivity index (χ2v) is 7.18. The molecule has 3 fully saturated rings. The molecule has 4 unspecified atom stereocenters. The number of hydrogen-bond acceptors (Lipinski definition) is 2. The van der Waals surface area contributed by atoms with E-state index in [4.69, 9.17) is 0 Å². The molecule has 3 aliphatic rings. The molecular formula is C14H24N2O. The van der Waals surface area contributed by atoms with Crippen LogP contribution in [0.1, 0.15) is 40.0 Å². The van der Waals surface area contributed by atoms with Crippen molar-refractivity contribution in [3.63, 3.8) is 0 Å². The SMILES string of the molecule is CC(C)(C)NCC(=O)NC1C2C3CCC(C3)C12. The van der Waals surface area contributed by atoms with Crippen LogP contribution < -0.4 is 10.6 Å². The first-order valence-electron chi connectivity index (χ1n) is 7.00. The Morgan fingerprint density at radius 2 is 1.76 bits per heavy atom. The van der Waals surface area contributed by atoms with E-state index in [1.54, 1.807) is 0 Å². The zero-order chi connectivity index (χ0) is 12.2. The maximum Gasteiger partial charge on any atom is 0.234 e. The summed E-state index contributed by atoms with van der Waals surface area (Å²) in [5.74, 6) is 3.73. The Morgan fingerprint density at radius 1 is 1.18 bits per heavy atom. The van der Waals surface area contributed by atoms with Crippen LogP contribution in [0.4, 0.5) is 0 Å². The van der Waals surface area contributed by atoms with Crippen LogP contribution in [0.15, 0.2) is 0 Å². The lowest BCUT2D eigenvalue weighted by molar-refractivity contribution is -0.120. The van der Waals surface area contributed by atoms with Gasteiger partial charge in [-0.3, -0.25) is 4.79 Å². The Bertz CT molecular complexity index is 318. The molecule has 3 heteroatoms. The van der Waals surface area contributed by atoms with Gasteiger partial charge < -0.3 is 10.6 Å². The Kier molecular flexibility index (Phi) is 2.51. The second kappa shape index (κ2) is 3.71. The van der Waals surface area contributed by atoms with Gasteiger partial charge in [0.25, 0.3) is 0 Å². The van der Waals surface area contributed by atoms with Gasteiger partial charge in [0.1, 0.15) is 0 Å². The third-order valence-electron chi connectivity index (χ3n) is 4.84. The zero-order valence-corrected chi connectivity index (χ0v) is 11.1. The fourth-order valence-corrected chi connectivity index (χ4v) is 4.10. The van der Waals surface area contributed by atoms with Gasteiger partial charge in [-0.15, -0.1) is 0 Å². The largest absolute Gasteiger partial charge is 0.352 e. The Balaban J connectivity index is 1.45. The second-order valence-electron chi connectivity index (χ2n) is 7.18. The molecule has 0 saturated heterocycles. The molecule has 0 aromatic carbocycles. The van der Waals surface area contributed by atoms with Crippen LogP contribution in [0.25, 0.3) is 0 Å². The molecule has 96 valence electrons. The first kappa shape index (κ1) is 11.5. The fraction of sp³-hybridized carbons (Fsp3) is 0.929. The van der Waals surface area contributed by atoms with Crippen LogP contribution in [0.3, 0.4) is 0 Å². The molecule has 4 atom stereocenters. The standard InChI is InChI=1S/C14H24N2O/c1-14(2,3)15-7-10(17)16-13-11-8-4-5-9(6-8)12(11)13/h8-9,11-13,15H,4-7H2,1-3H3,(H,16,17). The van der Waals surface area contributed by atoms with E-state index in [-0.39, 0.29) is 11.4 Å². The van der Waals surface area contributed by atoms with E-state index in [0.717, 1.165) is 23.7 Å². The lowest BCUT2D eigenvalue weighted by atomic mass is 10.0. The van der Waals surface area contributed by atoms with E-state index < -0.39 is 0 Å². The summed E-state index contributed by atoms with van der Waals surface area (Å²) < 4.78 is 0. The molecule has 0 radical (unpaired) electrons. The van der Waals surface area contributed by atoms with Crippen LogP contribution in [0.2, 0.25) is 0 Å². The van der Waals surface area contributed by atoms with Gasteiger partial charge in [-0.05, 0) is 63.7 Å². The lowest BCUT2D eigenvalue weighted by Gasteiger charge is -2.20. The number of carbonyl (C=O) groups is 1. The summed E-state index contributed by atoms with van der Waals surface area (Å²) in [5, 5.41) is 6.47.